The fourth-order valence-electron chi connectivity index (χ4n) is 4.14. The number of rotatable bonds is 10. The molecular formula is C30H29N5O3. The zero-order valence-corrected chi connectivity index (χ0v) is 21.4. The molecule has 38 heavy (non-hydrogen) atoms. The average Bonchev–Trinajstić information content (AvgIpc) is 2.94. The van der Waals surface area contributed by atoms with E-state index < -0.39 is 5.91 Å². The first-order valence-corrected chi connectivity index (χ1v) is 12.3. The van der Waals surface area contributed by atoms with E-state index in [-0.39, 0.29) is 23.2 Å². The molecule has 1 N–H and O–H groups in total. The van der Waals surface area contributed by atoms with Crippen LogP contribution in [0.2, 0.25) is 0 Å². The minimum Gasteiger partial charge on any atom is -0.383 e. The number of fused-ring (bicyclic) bond motifs is 1. The van der Waals surface area contributed by atoms with Gasteiger partial charge >= 0.3 is 0 Å². The number of hydrogen-bond donors (Lipinski definition) is 1. The quantitative estimate of drug-likeness (QED) is 0.199. The summed E-state index contributed by atoms with van der Waals surface area (Å²) in [6.45, 7) is 3.37. The molecule has 0 atom stereocenters. The molecule has 0 saturated carbocycles. The lowest BCUT2D eigenvalue weighted by Crippen LogP contribution is -2.30. The average molecular weight is 508 g/mol. The maximum Gasteiger partial charge on any atom is 0.267 e. The highest BCUT2D eigenvalue weighted by atomic mass is 16.5. The Labute approximate surface area is 221 Å². The highest BCUT2D eigenvalue weighted by Crippen LogP contribution is 2.24. The monoisotopic (exact) mass is 507 g/mol. The molecule has 0 spiro atoms. The van der Waals surface area contributed by atoms with Gasteiger partial charge in [0, 0.05) is 32.9 Å². The van der Waals surface area contributed by atoms with Crippen molar-refractivity contribution in [1.29, 1.82) is 5.26 Å². The van der Waals surface area contributed by atoms with Crippen LogP contribution in [0.1, 0.15) is 22.3 Å². The molecule has 1 amide bonds. The van der Waals surface area contributed by atoms with Gasteiger partial charge in [0.05, 0.1) is 12.2 Å². The Balaban J connectivity index is 1.91. The van der Waals surface area contributed by atoms with Gasteiger partial charge in [0.2, 0.25) is 0 Å². The molecule has 4 aromatic rings. The molecule has 2 aromatic heterocycles. The van der Waals surface area contributed by atoms with Gasteiger partial charge in [-0.05, 0) is 35.8 Å². The largest absolute Gasteiger partial charge is 0.383 e. The summed E-state index contributed by atoms with van der Waals surface area (Å²) < 4.78 is 6.43. The number of carbonyl (C=O) groups is 1. The zero-order valence-electron chi connectivity index (χ0n) is 21.4. The molecule has 8 nitrogen and oxygen atoms in total. The van der Waals surface area contributed by atoms with Gasteiger partial charge < -0.3 is 15.0 Å². The number of nitrogens with zero attached hydrogens (tertiary/aromatic N) is 4. The number of carbonyl (C=O) groups excluding carboxylic acids is 1. The minimum atomic E-state index is -0.582. The maximum atomic E-state index is 13.8. The smallest absolute Gasteiger partial charge is 0.267 e. The fourth-order valence-corrected chi connectivity index (χ4v) is 4.14. The third-order valence-electron chi connectivity index (χ3n) is 6.04. The van der Waals surface area contributed by atoms with E-state index in [0.29, 0.717) is 31.2 Å². The first-order valence-electron chi connectivity index (χ1n) is 12.3. The normalized spacial score (nSPS) is 11.2. The van der Waals surface area contributed by atoms with Crippen LogP contribution in [0.4, 0.5) is 5.82 Å². The summed E-state index contributed by atoms with van der Waals surface area (Å²) in [6, 6.07) is 25.4. The predicted octanol–water partition coefficient (Wildman–Crippen LogP) is 3.88. The first-order chi connectivity index (χ1) is 18.5. The van der Waals surface area contributed by atoms with Gasteiger partial charge in [0.15, 0.2) is 0 Å². The Bertz CT molecular complexity index is 1500. The van der Waals surface area contributed by atoms with E-state index in [0.717, 1.165) is 16.7 Å². The molecule has 0 fully saturated rings. The summed E-state index contributed by atoms with van der Waals surface area (Å²) >= 11 is 0. The molecule has 8 heteroatoms. The molecule has 0 radical (unpaired) electrons. The van der Waals surface area contributed by atoms with E-state index in [1.165, 1.54) is 17.6 Å². The number of aromatic nitrogens is 2. The van der Waals surface area contributed by atoms with Gasteiger partial charge in [-0.2, -0.15) is 5.26 Å². The zero-order chi connectivity index (χ0) is 26.9. The molecule has 4 rings (SSSR count). The maximum absolute atomic E-state index is 13.8. The van der Waals surface area contributed by atoms with Crippen molar-refractivity contribution >= 4 is 23.4 Å². The topological polar surface area (TPSA) is 99.7 Å². The van der Waals surface area contributed by atoms with Crippen LogP contribution in [0.3, 0.4) is 0 Å². The van der Waals surface area contributed by atoms with Crippen LogP contribution in [-0.2, 0) is 22.6 Å². The van der Waals surface area contributed by atoms with Crippen LogP contribution in [0.5, 0.6) is 0 Å². The predicted molar refractivity (Wildman–Crippen MR) is 147 cm³/mol. The van der Waals surface area contributed by atoms with Crippen LogP contribution in [0.15, 0.2) is 89.4 Å². The number of anilines is 1. The van der Waals surface area contributed by atoms with Crippen molar-refractivity contribution < 1.29 is 9.53 Å². The van der Waals surface area contributed by atoms with Crippen LogP contribution < -0.4 is 15.8 Å². The number of amides is 1. The number of benzene rings is 2. The van der Waals surface area contributed by atoms with Crippen LogP contribution in [0, 0.1) is 18.3 Å². The molecule has 0 aliphatic carbocycles. The molecular weight excluding hydrogens is 478 g/mol. The summed E-state index contributed by atoms with van der Waals surface area (Å²) in [7, 11) is 1.53. The number of nitrogens with one attached hydrogen (secondary N) is 1. The van der Waals surface area contributed by atoms with E-state index in [1.807, 2.05) is 84.6 Å². The fraction of sp³-hybridized carbons (Fsp3) is 0.200. The standard InChI is InChI=1S/C30H29N5O3/c1-22-10-9-16-35-27(22)33-28(26(30(35)37)18-25(19-31)29(36)32-15-17-38-2)34(20-23-11-5-3-6-12-23)21-24-13-7-4-8-14-24/h3-14,16,18H,15,17,20-21H2,1-2H3,(H,32,36). The second-order valence-electron chi connectivity index (χ2n) is 8.78. The third kappa shape index (κ3) is 6.14. The summed E-state index contributed by atoms with van der Waals surface area (Å²) in [5.74, 6) is -0.184. The minimum absolute atomic E-state index is 0.165. The molecule has 192 valence electrons. The van der Waals surface area contributed by atoms with Crippen LogP contribution in [-0.4, -0.2) is 35.6 Å². The van der Waals surface area contributed by atoms with E-state index in [1.54, 1.807) is 12.3 Å². The molecule has 0 saturated heterocycles. The van der Waals surface area contributed by atoms with Crippen molar-refractivity contribution in [1.82, 2.24) is 14.7 Å². The Kier molecular flexibility index (Phi) is 8.65. The van der Waals surface area contributed by atoms with Crippen LogP contribution >= 0.6 is 0 Å². The lowest BCUT2D eigenvalue weighted by Gasteiger charge is -2.26. The van der Waals surface area contributed by atoms with E-state index in [2.05, 4.69) is 5.32 Å². The van der Waals surface area contributed by atoms with E-state index in [9.17, 15) is 14.9 Å². The summed E-state index contributed by atoms with van der Waals surface area (Å²) in [4.78, 5) is 33.5. The molecule has 0 aliphatic heterocycles. The molecule has 0 aliphatic rings. The number of aryl methyl sites for hydroxylation is 1. The Morgan fingerprint density at radius 3 is 2.26 bits per heavy atom. The number of ether oxygens (including phenoxy) is 1. The number of methoxy groups -OCH3 is 1. The van der Waals surface area contributed by atoms with Gasteiger partial charge in [-0.25, -0.2) is 4.98 Å². The molecule has 2 aromatic carbocycles. The Morgan fingerprint density at radius 2 is 1.68 bits per heavy atom. The Hall–Kier alpha value is -4.74. The van der Waals surface area contributed by atoms with Crippen molar-refractivity contribution in [2.45, 2.75) is 20.0 Å². The summed E-state index contributed by atoms with van der Waals surface area (Å²) in [5.41, 5.74) is 3.02. The van der Waals surface area contributed by atoms with E-state index in [4.69, 9.17) is 9.72 Å². The molecule has 0 bridgehead atoms. The lowest BCUT2D eigenvalue weighted by atomic mass is 10.1. The van der Waals surface area contributed by atoms with Gasteiger partial charge in [-0.15, -0.1) is 0 Å². The Morgan fingerprint density at radius 1 is 1.05 bits per heavy atom. The third-order valence-corrected chi connectivity index (χ3v) is 6.04. The lowest BCUT2D eigenvalue weighted by molar-refractivity contribution is -0.117. The second-order valence-corrected chi connectivity index (χ2v) is 8.78. The van der Waals surface area contributed by atoms with Crippen molar-refractivity contribution in [3.63, 3.8) is 0 Å². The molecule has 2 heterocycles. The van der Waals surface area contributed by atoms with Gasteiger partial charge in [0.1, 0.15) is 23.1 Å². The SMILES string of the molecule is COCCNC(=O)C(C#N)=Cc1c(N(Cc2ccccc2)Cc2ccccc2)nc2c(C)cccn2c1=O. The van der Waals surface area contributed by atoms with Crippen molar-refractivity contribution in [3.8, 4) is 6.07 Å². The van der Waals surface area contributed by atoms with Gasteiger partial charge in [0.25, 0.3) is 11.5 Å². The summed E-state index contributed by atoms with van der Waals surface area (Å²) in [5, 5.41) is 12.5. The van der Waals surface area contributed by atoms with Crippen molar-refractivity contribution in [2.24, 2.45) is 0 Å². The number of nitriles is 1. The number of hydrogen-bond acceptors (Lipinski definition) is 6. The van der Waals surface area contributed by atoms with Gasteiger partial charge in [-0.1, -0.05) is 66.7 Å². The van der Waals surface area contributed by atoms with E-state index >= 15 is 0 Å². The van der Waals surface area contributed by atoms with Crippen LogP contribution in [0.25, 0.3) is 11.7 Å². The number of pyridine rings is 1. The molecule has 0 unspecified atom stereocenters. The van der Waals surface area contributed by atoms with Crippen molar-refractivity contribution in [2.75, 3.05) is 25.2 Å². The highest BCUT2D eigenvalue weighted by molar-refractivity contribution is 6.02. The highest BCUT2D eigenvalue weighted by Gasteiger charge is 2.21. The van der Waals surface area contributed by atoms with Gasteiger partial charge in [-0.3, -0.25) is 14.0 Å². The van der Waals surface area contributed by atoms with Crippen molar-refractivity contribution in [3.05, 3.63) is 117 Å². The summed E-state index contributed by atoms with van der Waals surface area (Å²) in [6.07, 6.45) is 2.98. The first kappa shape index (κ1) is 26.3. The second kappa shape index (κ2) is 12.5.